The van der Waals surface area contributed by atoms with Gasteiger partial charge in [-0.25, -0.2) is 4.68 Å². The average molecular weight is 242 g/mol. The standard InChI is InChI=1S/C11H22N4S/c1-6-15-11(10(12)9(3)13-15)14(4)8(2)7-16-5/h8H,6-7,12H2,1-5H3. The molecule has 1 aromatic heterocycles. The van der Waals surface area contributed by atoms with Crippen LogP contribution in [0, 0.1) is 6.92 Å². The molecule has 0 aliphatic carbocycles. The highest BCUT2D eigenvalue weighted by Crippen LogP contribution is 2.27. The number of hydrogen-bond acceptors (Lipinski definition) is 4. The van der Waals surface area contributed by atoms with E-state index in [1.807, 2.05) is 23.4 Å². The zero-order valence-electron chi connectivity index (χ0n) is 10.8. The number of rotatable bonds is 5. The molecule has 2 N–H and O–H groups in total. The van der Waals surface area contributed by atoms with E-state index in [1.165, 1.54) is 0 Å². The van der Waals surface area contributed by atoms with E-state index in [9.17, 15) is 0 Å². The quantitative estimate of drug-likeness (QED) is 0.857. The Balaban J connectivity index is 3.01. The van der Waals surface area contributed by atoms with Crippen LogP contribution in [0.2, 0.25) is 0 Å². The van der Waals surface area contributed by atoms with E-state index in [0.29, 0.717) is 6.04 Å². The predicted molar refractivity (Wildman–Crippen MR) is 73.3 cm³/mol. The first-order valence-electron chi connectivity index (χ1n) is 5.57. The topological polar surface area (TPSA) is 47.1 Å². The summed E-state index contributed by atoms with van der Waals surface area (Å²) in [6.07, 6.45) is 2.12. The van der Waals surface area contributed by atoms with E-state index >= 15 is 0 Å². The van der Waals surface area contributed by atoms with Crippen molar-refractivity contribution in [1.29, 1.82) is 0 Å². The van der Waals surface area contributed by atoms with Crippen molar-refractivity contribution in [3.05, 3.63) is 5.69 Å². The number of thioether (sulfide) groups is 1. The van der Waals surface area contributed by atoms with Gasteiger partial charge in [0.25, 0.3) is 0 Å². The molecule has 0 bridgehead atoms. The SMILES string of the molecule is CCn1nc(C)c(N)c1N(C)C(C)CSC. The molecule has 0 aromatic carbocycles. The first-order chi connectivity index (χ1) is 7.52. The zero-order chi connectivity index (χ0) is 12.3. The van der Waals surface area contributed by atoms with E-state index in [2.05, 4.69) is 37.1 Å². The Kier molecular flexibility index (Phi) is 4.53. The van der Waals surface area contributed by atoms with Crippen molar-refractivity contribution in [2.45, 2.75) is 33.4 Å². The summed E-state index contributed by atoms with van der Waals surface area (Å²) in [5, 5.41) is 4.44. The highest BCUT2D eigenvalue weighted by molar-refractivity contribution is 7.98. The summed E-state index contributed by atoms with van der Waals surface area (Å²) < 4.78 is 1.97. The van der Waals surface area contributed by atoms with Crippen molar-refractivity contribution in [3.63, 3.8) is 0 Å². The third kappa shape index (κ3) is 2.45. The maximum atomic E-state index is 6.08. The molecule has 1 aromatic rings. The molecule has 0 saturated carbocycles. The van der Waals surface area contributed by atoms with Crippen molar-refractivity contribution in [2.75, 3.05) is 29.7 Å². The van der Waals surface area contributed by atoms with Gasteiger partial charge in [-0.05, 0) is 27.0 Å². The number of nitrogens with two attached hydrogens (primary N) is 1. The number of hydrogen-bond donors (Lipinski definition) is 1. The lowest BCUT2D eigenvalue weighted by atomic mass is 10.3. The summed E-state index contributed by atoms with van der Waals surface area (Å²) in [5.41, 5.74) is 7.80. The van der Waals surface area contributed by atoms with Crippen LogP contribution >= 0.6 is 11.8 Å². The lowest BCUT2D eigenvalue weighted by Gasteiger charge is -2.27. The van der Waals surface area contributed by atoms with Gasteiger partial charge in [0.1, 0.15) is 0 Å². The minimum atomic E-state index is 0.457. The summed E-state index contributed by atoms with van der Waals surface area (Å²) in [6, 6.07) is 0.457. The second-order valence-corrected chi connectivity index (χ2v) is 4.96. The summed E-state index contributed by atoms with van der Waals surface area (Å²) in [7, 11) is 2.08. The fourth-order valence-corrected chi connectivity index (χ4v) is 2.44. The van der Waals surface area contributed by atoms with Crippen LogP contribution in [0.3, 0.4) is 0 Å². The van der Waals surface area contributed by atoms with Crippen LogP contribution in [0.5, 0.6) is 0 Å². The smallest absolute Gasteiger partial charge is 0.150 e. The average Bonchev–Trinajstić information content (AvgIpc) is 2.54. The molecule has 92 valence electrons. The third-order valence-corrected chi connectivity index (χ3v) is 3.66. The lowest BCUT2D eigenvalue weighted by molar-refractivity contribution is 0.625. The van der Waals surface area contributed by atoms with Crippen LogP contribution in [-0.2, 0) is 6.54 Å². The molecule has 0 fully saturated rings. The Morgan fingerprint density at radius 3 is 2.69 bits per heavy atom. The molecule has 16 heavy (non-hydrogen) atoms. The van der Waals surface area contributed by atoms with Gasteiger partial charge >= 0.3 is 0 Å². The van der Waals surface area contributed by atoms with Crippen molar-refractivity contribution >= 4 is 23.3 Å². The van der Waals surface area contributed by atoms with Crippen molar-refractivity contribution in [2.24, 2.45) is 0 Å². The Morgan fingerprint density at radius 1 is 1.56 bits per heavy atom. The van der Waals surface area contributed by atoms with E-state index in [4.69, 9.17) is 5.73 Å². The molecular formula is C11H22N4S. The van der Waals surface area contributed by atoms with Gasteiger partial charge in [0.2, 0.25) is 0 Å². The second-order valence-electron chi connectivity index (χ2n) is 4.05. The molecular weight excluding hydrogens is 220 g/mol. The predicted octanol–water partition coefficient (Wildman–Crippen LogP) is 1.98. The monoisotopic (exact) mass is 242 g/mol. The van der Waals surface area contributed by atoms with Crippen LogP contribution in [0.15, 0.2) is 0 Å². The second kappa shape index (κ2) is 5.48. The Morgan fingerprint density at radius 2 is 2.19 bits per heavy atom. The van der Waals surface area contributed by atoms with Gasteiger partial charge in [-0.3, -0.25) is 0 Å². The van der Waals surface area contributed by atoms with E-state index in [1.54, 1.807) is 0 Å². The summed E-state index contributed by atoms with van der Waals surface area (Å²) in [6.45, 7) is 7.10. The number of aromatic nitrogens is 2. The number of anilines is 2. The largest absolute Gasteiger partial charge is 0.394 e. The molecule has 0 radical (unpaired) electrons. The minimum absolute atomic E-state index is 0.457. The fourth-order valence-electron chi connectivity index (χ4n) is 1.74. The molecule has 0 aliphatic heterocycles. The summed E-state index contributed by atoms with van der Waals surface area (Å²) in [5.74, 6) is 2.13. The van der Waals surface area contributed by atoms with Gasteiger partial charge in [0.15, 0.2) is 5.82 Å². The molecule has 1 unspecified atom stereocenters. The number of aryl methyl sites for hydroxylation is 2. The molecule has 1 rings (SSSR count). The van der Waals surface area contributed by atoms with Crippen molar-refractivity contribution in [3.8, 4) is 0 Å². The molecule has 0 aliphatic rings. The highest BCUT2D eigenvalue weighted by atomic mass is 32.2. The molecule has 4 nitrogen and oxygen atoms in total. The highest BCUT2D eigenvalue weighted by Gasteiger charge is 2.19. The zero-order valence-corrected chi connectivity index (χ0v) is 11.6. The van der Waals surface area contributed by atoms with Gasteiger partial charge < -0.3 is 10.6 Å². The van der Waals surface area contributed by atoms with Crippen LogP contribution < -0.4 is 10.6 Å². The van der Waals surface area contributed by atoms with Crippen LogP contribution in [0.4, 0.5) is 11.5 Å². The van der Waals surface area contributed by atoms with Crippen LogP contribution in [-0.4, -0.2) is 34.9 Å². The lowest BCUT2D eigenvalue weighted by Crippen LogP contribution is -2.33. The van der Waals surface area contributed by atoms with Gasteiger partial charge in [0, 0.05) is 25.4 Å². The van der Waals surface area contributed by atoms with Crippen molar-refractivity contribution in [1.82, 2.24) is 9.78 Å². The van der Waals surface area contributed by atoms with E-state index in [-0.39, 0.29) is 0 Å². The normalized spacial score (nSPS) is 12.8. The molecule has 1 atom stereocenters. The molecule has 0 saturated heterocycles. The van der Waals surface area contributed by atoms with E-state index in [0.717, 1.165) is 29.5 Å². The Bertz CT molecular complexity index is 348. The molecule has 1 heterocycles. The third-order valence-electron chi connectivity index (χ3n) is 2.85. The minimum Gasteiger partial charge on any atom is -0.394 e. The number of nitrogen functional groups attached to an aromatic ring is 1. The maximum Gasteiger partial charge on any atom is 0.150 e. The van der Waals surface area contributed by atoms with Gasteiger partial charge in [-0.1, -0.05) is 0 Å². The maximum absolute atomic E-state index is 6.08. The van der Waals surface area contributed by atoms with Crippen LogP contribution in [0.25, 0.3) is 0 Å². The summed E-state index contributed by atoms with van der Waals surface area (Å²) in [4.78, 5) is 2.22. The van der Waals surface area contributed by atoms with Gasteiger partial charge in [-0.2, -0.15) is 16.9 Å². The van der Waals surface area contributed by atoms with Gasteiger partial charge in [-0.15, -0.1) is 0 Å². The molecule has 5 heteroatoms. The number of nitrogens with zero attached hydrogens (tertiary/aromatic N) is 3. The Labute approximate surface area is 102 Å². The summed E-state index contributed by atoms with van der Waals surface area (Å²) >= 11 is 1.85. The Hall–Kier alpha value is -0.840. The van der Waals surface area contributed by atoms with Crippen molar-refractivity contribution < 1.29 is 0 Å². The fraction of sp³-hybridized carbons (Fsp3) is 0.727. The molecule has 0 spiro atoms. The van der Waals surface area contributed by atoms with Crippen LogP contribution in [0.1, 0.15) is 19.5 Å². The van der Waals surface area contributed by atoms with E-state index < -0.39 is 0 Å². The van der Waals surface area contributed by atoms with Gasteiger partial charge in [0.05, 0.1) is 11.4 Å². The first kappa shape index (κ1) is 13.2. The first-order valence-corrected chi connectivity index (χ1v) is 6.96. The molecule has 0 amide bonds.